The summed E-state index contributed by atoms with van der Waals surface area (Å²) in [5.41, 5.74) is -4.62. The fourth-order valence-electron chi connectivity index (χ4n) is 1.58. The monoisotopic (exact) mass is 362 g/mol. The first-order valence-electron chi connectivity index (χ1n) is 6.04. The van der Waals surface area contributed by atoms with Crippen LogP contribution in [0.2, 0.25) is 0 Å². The average Bonchev–Trinajstić information content (AvgIpc) is 2.77. The third-order valence-electron chi connectivity index (χ3n) is 2.86. The normalized spacial score (nSPS) is 12.0. The fraction of sp³-hybridized carbons (Fsp3) is 0.231. The van der Waals surface area contributed by atoms with Crippen LogP contribution in [0.5, 0.6) is 5.75 Å². The zero-order valence-corrected chi connectivity index (χ0v) is 13.4. The average molecular weight is 362 g/mol. The van der Waals surface area contributed by atoms with Crippen molar-refractivity contribution in [3.05, 3.63) is 34.3 Å². The third kappa shape index (κ3) is 3.46. The fourth-order valence-corrected chi connectivity index (χ4v) is 2.97. The van der Waals surface area contributed by atoms with Crippen LogP contribution in [0.1, 0.15) is 16.1 Å². The van der Waals surface area contributed by atoms with Gasteiger partial charge >= 0.3 is 15.6 Å². The van der Waals surface area contributed by atoms with Gasteiger partial charge in [-0.15, -0.1) is 11.3 Å². The summed E-state index contributed by atoms with van der Waals surface area (Å²) in [6.07, 6.45) is 0. The van der Waals surface area contributed by atoms with E-state index in [0.717, 1.165) is 16.6 Å². The maximum atomic E-state index is 12.3. The van der Waals surface area contributed by atoms with E-state index >= 15 is 0 Å². The summed E-state index contributed by atoms with van der Waals surface area (Å²) in [6.45, 7) is 3.66. The Bertz CT molecular complexity index is 877. The molecule has 0 fully saturated rings. The molecule has 0 aliphatic carbocycles. The van der Waals surface area contributed by atoms with Crippen LogP contribution >= 0.6 is 11.3 Å². The number of halogens is 3. The van der Waals surface area contributed by atoms with Gasteiger partial charge in [0.2, 0.25) is 0 Å². The summed E-state index contributed by atoms with van der Waals surface area (Å²) >= 11 is 1.35. The van der Waals surface area contributed by atoms with Gasteiger partial charge in [0.1, 0.15) is 11.1 Å². The Morgan fingerprint density at radius 1 is 1.30 bits per heavy atom. The lowest BCUT2D eigenvalue weighted by Crippen LogP contribution is -2.28. The van der Waals surface area contributed by atoms with E-state index in [9.17, 15) is 21.6 Å². The molecule has 0 amide bonds. The Morgan fingerprint density at radius 2 is 1.96 bits per heavy atom. The molecular weight excluding hydrogens is 353 g/mol. The van der Waals surface area contributed by atoms with Crippen LogP contribution in [0.4, 0.5) is 13.2 Å². The minimum absolute atomic E-state index is 0.333. The Morgan fingerprint density at radius 3 is 2.43 bits per heavy atom. The van der Waals surface area contributed by atoms with E-state index in [1.165, 1.54) is 23.5 Å². The Balaban J connectivity index is 2.44. The molecule has 2 aromatic rings. The van der Waals surface area contributed by atoms with Crippen LogP contribution in [0.25, 0.3) is 10.6 Å². The van der Waals surface area contributed by atoms with Crippen molar-refractivity contribution in [2.24, 2.45) is 0 Å². The molecule has 1 aromatic heterocycles. The predicted molar refractivity (Wildman–Crippen MR) is 77.3 cm³/mol. The summed E-state index contributed by atoms with van der Waals surface area (Å²) < 4.78 is 63.1. The molecule has 1 aromatic carbocycles. The van der Waals surface area contributed by atoms with E-state index in [0.29, 0.717) is 10.6 Å². The molecule has 0 saturated heterocycles. The Labute approximate surface area is 134 Å². The topological polar surface area (TPSA) is 80.0 Å². The van der Waals surface area contributed by atoms with E-state index in [4.69, 9.17) is 5.26 Å². The van der Waals surface area contributed by atoms with E-state index < -0.39 is 21.4 Å². The molecule has 0 unspecified atom stereocenters. The summed E-state index contributed by atoms with van der Waals surface area (Å²) in [4.78, 5) is 5.23. The van der Waals surface area contributed by atoms with Crippen molar-refractivity contribution in [3.63, 3.8) is 0 Å². The van der Waals surface area contributed by atoms with Crippen molar-refractivity contribution in [2.75, 3.05) is 0 Å². The largest absolute Gasteiger partial charge is 0.534 e. The number of aryl methyl sites for hydroxylation is 2. The van der Waals surface area contributed by atoms with E-state index in [-0.39, 0.29) is 5.56 Å². The number of nitrogens with zero attached hydrogens (tertiary/aromatic N) is 2. The molecule has 0 aliphatic heterocycles. The van der Waals surface area contributed by atoms with Crippen molar-refractivity contribution >= 4 is 21.5 Å². The first kappa shape index (κ1) is 17.2. The highest BCUT2D eigenvalue weighted by Crippen LogP contribution is 2.33. The highest BCUT2D eigenvalue weighted by molar-refractivity contribution is 7.88. The van der Waals surface area contributed by atoms with Gasteiger partial charge in [-0.25, -0.2) is 4.98 Å². The SMILES string of the molecule is Cc1nc(-c2ccc(OS(=O)(=O)C(F)(F)F)c(C#N)c2)sc1C. The van der Waals surface area contributed by atoms with Gasteiger partial charge in [-0.1, -0.05) is 0 Å². The molecule has 23 heavy (non-hydrogen) atoms. The van der Waals surface area contributed by atoms with Crippen LogP contribution in [0, 0.1) is 25.2 Å². The molecule has 0 atom stereocenters. The second kappa shape index (κ2) is 5.82. The predicted octanol–water partition coefficient (Wildman–Crippen LogP) is 3.53. The Kier molecular flexibility index (Phi) is 4.37. The molecule has 10 heteroatoms. The van der Waals surface area contributed by atoms with Gasteiger partial charge in [-0.05, 0) is 32.0 Å². The maximum Gasteiger partial charge on any atom is 0.534 e. The lowest BCUT2D eigenvalue weighted by molar-refractivity contribution is -0.0500. The molecule has 122 valence electrons. The number of nitriles is 1. The van der Waals surface area contributed by atoms with Gasteiger partial charge in [0.15, 0.2) is 5.75 Å². The molecule has 5 nitrogen and oxygen atoms in total. The van der Waals surface area contributed by atoms with Crippen molar-refractivity contribution in [1.82, 2.24) is 4.98 Å². The highest BCUT2D eigenvalue weighted by Gasteiger charge is 2.48. The molecule has 2 rings (SSSR count). The lowest BCUT2D eigenvalue weighted by Gasteiger charge is -2.10. The second-order valence-corrected chi connectivity index (χ2v) is 7.21. The summed E-state index contributed by atoms with van der Waals surface area (Å²) in [7, 11) is -5.83. The smallest absolute Gasteiger partial charge is 0.375 e. The van der Waals surface area contributed by atoms with Crippen molar-refractivity contribution in [1.29, 1.82) is 5.26 Å². The molecule has 0 N–H and O–H groups in total. The van der Waals surface area contributed by atoms with Crippen LogP contribution < -0.4 is 4.18 Å². The van der Waals surface area contributed by atoms with Crippen LogP contribution in [-0.4, -0.2) is 18.9 Å². The standard InChI is InChI=1S/C13H9F3N2O3S2/c1-7-8(2)22-12(18-7)9-3-4-11(10(5-9)6-17)21-23(19,20)13(14,15)16/h3-5H,1-2H3. The van der Waals surface area contributed by atoms with Gasteiger partial charge in [-0.2, -0.15) is 26.9 Å². The number of benzene rings is 1. The molecule has 0 radical (unpaired) electrons. The Hall–Kier alpha value is -2.12. The minimum Gasteiger partial charge on any atom is -0.375 e. The minimum atomic E-state index is -5.83. The molecule has 0 saturated carbocycles. The van der Waals surface area contributed by atoms with Crippen molar-refractivity contribution < 1.29 is 25.8 Å². The summed E-state index contributed by atoms with van der Waals surface area (Å²) in [5.74, 6) is -0.682. The van der Waals surface area contributed by atoms with Gasteiger partial charge in [0.05, 0.1) is 11.3 Å². The number of aromatic nitrogens is 1. The van der Waals surface area contributed by atoms with Crippen molar-refractivity contribution in [2.45, 2.75) is 19.4 Å². The molecule has 0 aliphatic rings. The summed E-state index contributed by atoms with van der Waals surface area (Å²) in [6, 6.07) is 5.21. The number of thiazole rings is 1. The van der Waals surface area contributed by atoms with E-state index in [1.54, 1.807) is 13.0 Å². The second-order valence-electron chi connectivity index (χ2n) is 4.47. The number of alkyl halides is 3. The van der Waals surface area contributed by atoms with Crippen LogP contribution in [0.3, 0.4) is 0 Å². The quantitative estimate of drug-likeness (QED) is 0.616. The van der Waals surface area contributed by atoms with Gasteiger partial charge in [0, 0.05) is 10.4 Å². The van der Waals surface area contributed by atoms with Crippen LogP contribution in [0.15, 0.2) is 18.2 Å². The summed E-state index contributed by atoms with van der Waals surface area (Å²) in [5, 5.41) is 9.60. The van der Waals surface area contributed by atoms with E-state index in [2.05, 4.69) is 9.17 Å². The maximum absolute atomic E-state index is 12.3. The van der Waals surface area contributed by atoms with E-state index in [1.807, 2.05) is 6.92 Å². The molecule has 0 bridgehead atoms. The number of hydrogen-bond donors (Lipinski definition) is 0. The third-order valence-corrected chi connectivity index (χ3v) is 4.95. The molecular formula is C13H9F3N2O3S2. The molecule has 0 spiro atoms. The van der Waals surface area contributed by atoms with Gasteiger partial charge in [0.25, 0.3) is 0 Å². The number of hydrogen-bond acceptors (Lipinski definition) is 6. The van der Waals surface area contributed by atoms with Crippen LogP contribution in [-0.2, 0) is 10.1 Å². The molecule has 1 heterocycles. The highest BCUT2D eigenvalue weighted by atomic mass is 32.2. The lowest BCUT2D eigenvalue weighted by atomic mass is 10.1. The van der Waals surface area contributed by atoms with Gasteiger partial charge < -0.3 is 4.18 Å². The zero-order valence-electron chi connectivity index (χ0n) is 11.8. The zero-order chi connectivity index (χ0) is 17.4. The van der Waals surface area contributed by atoms with Gasteiger partial charge in [-0.3, -0.25) is 0 Å². The van der Waals surface area contributed by atoms with Crippen molar-refractivity contribution in [3.8, 4) is 22.4 Å². The first-order chi connectivity index (χ1) is 10.5. The number of rotatable bonds is 3. The first-order valence-corrected chi connectivity index (χ1v) is 8.27.